The second kappa shape index (κ2) is 6.42. The van der Waals surface area contributed by atoms with Gasteiger partial charge in [0.2, 0.25) is 0 Å². The lowest BCUT2D eigenvalue weighted by atomic mass is 10.0. The van der Waals surface area contributed by atoms with Crippen LogP contribution in [0.4, 0.5) is 5.69 Å². The van der Waals surface area contributed by atoms with Crippen molar-refractivity contribution in [2.24, 2.45) is 0 Å². The van der Waals surface area contributed by atoms with Crippen molar-refractivity contribution in [3.05, 3.63) is 29.3 Å². The van der Waals surface area contributed by atoms with E-state index in [2.05, 4.69) is 28.4 Å². The van der Waals surface area contributed by atoms with E-state index in [-0.39, 0.29) is 0 Å². The molecule has 1 saturated heterocycles. The van der Waals surface area contributed by atoms with E-state index in [9.17, 15) is 0 Å². The van der Waals surface area contributed by atoms with Gasteiger partial charge in [0, 0.05) is 18.8 Å². The summed E-state index contributed by atoms with van der Waals surface area (Å²) in [5.41, 5.74) is 4.39. The van der Waals surface area contributed by atoms with Gasteiger partial charge in [0.25, 0.3) is 0 Å². The second-order valence-electron chi connectivity index (χ2n) is 6.07. The Kier molecular flexibility index (Phi) is 4.39. The van der Waals surface area contributed by atoms with Gasteiger partial charge in [-0.3, -0.25) is 4.90 Å². The number of likely N-dealkylation sites (tertiary alicyclic amines) is 1. The summed E-state index contributed by atoms with van der Waals surface area (Å²) < 4.78 is 0. The molecule has 0 bridgehead atoms. The van der Waals surface area contributed by atoms with Crippen molar-refractivity contribution in [1.29, 1.82) is 0 Å². The Bertz CT molecular complexity index is 406. The SMILES string of the molecule is c1cc2c(cc1CN1CCCCCCC1)CCCN2. The van der Waals surface area contributed by atoms with E-state index in [1.807, 2.05) is 0 Å². The van der Waals surface area contributed by atoms with Crippen LogP contribution in [0, 0.1) is 0 Å². The normalized spacial score (nSPS) is 21.1. The summed E-state index contributed by atoms with van der Waals surface area (Å²) in [6.07, 6.45) is 9.57. The number of fused-ring (bicyclic) bond motifs is 1. The van der Waals surface area contributed by atoms with Gasteiger partial charge in [0.1, 0.15) is 0 Å². The predicted octanol–water partition coefficient (Wildman–Crippen LogP) is 3.81. The van der Waals surface area contributed by atoms with Gasteiger partial charge in [-0.05, 0) is 56.0 Å². The number of hydrogen-bond acceptors (Lipinski definition) is 2. The largest absolute Gasteiger partial charge is 0.385 e. The highest BCUT2D eigenvalue weighted by Crippen LogP contribution is 2.24. The Labute approximate surface area is 117 Å². The molecule has 2 aliphatic rings. The second-order valence-corrected chi connectivity index (χ2v) is 6.07. The molecule has 0 aromatic heterocycles. The van der Waals surface area contributed by atoms with Gasteiger partial charge >= 0.3 is 0 Å². The topological polar surface area (TPSA) is 15.3 Å². The van der Waals surface area contributed by atoms with Crippen molar-refractivity contribution >= 4 is 5.69 Å². The van der Waals surface area contributed by atoms with E-state index >= 15 is 0 Å². The summed E-state index contributed by atoms with van der Waals surface area (Å²) in [6, 6.07) is 7.03. The maximum absolute atomic E-state index is 3.50. The van der Waals surface area contributed by atoms with Crippen molar-refractivity contribution in [2.45, 2.75) is 51.5 Å². The maximum Gasteiger partial charge on any atom is 0.0372 e. The molecule has 1 aromatic carbocycles. The molecule has 0 radical (unpaired) electrons. The first kappa shape index (κ1) is 13.0. The molecule has 2 heterocycles. The zero-order valence-electron chi connectivity index (χ0n) is 12.0. The molecule has 3 rings (SSSR count). The third kappa shape index (κ3) is 3.50. The highest BCUT2D eigenvalue weighted by Gasteiger charge is 2.12. The fourth-order valence-corrected chi connectivity index (χ4v) is 3.36. The van der Waals surface area contributed by atoms with Gasteiger partial charge in [0.15, 0.2) is 0 Å². The third-order valence-electron chi connectivity index (χ3n) is 4.46. The Morgan fingerprint density at radius 1 is 0.947 bits per heavy atom. The van der Waals surface area contributed by atoms with Gasteiger partial charge in [-0.2, -0.15) is 0 Å². The Morgan fingerprint density at radius 2 is 1.74 bits per heavy atom. The molecular weight excluding hydrogens is 232 g/mol. The minimum atomic E-state index is 1.14. The van der Waals surface area contributed by atoms with Crippen LogP contribution >= 0.6 is 0 Å². The number of rotatable bonds is 2. The Morgan fingerprint density at radius 3 is 2.58 bits per heavy atom. The number of nitrogens with one attached hydrogen (secondary N) is 1. The number of nitrogens with zero attached hydrogens (tertiary/aromatic N) is 1. The van der Waals surface area contributed by atoms with Crippen LogP contribution in [0.5, 0.6) is 0 Å². The van der Waals surface area contributed by atoms with Crippen LogP contribution in [0.3, 0.4) is 0 Å². The number of benzene rings is 1. The predicted molar refractivity (Wildman–Crippen MR) is 81.6 cm³/mol. The first-order chi connectivity index (χ1) is 9.42. The zero-order valence-corrected chi connectivity index (χ0v) is 12.0. The molecule has 19 heavy (non-hydrogen) atoms. The summed E-state index contributed by atoms with van der Waals surface area (Å²) in [4.78, 5) is 2.65. The number of hydrogen-bond donors (Lipinski definition) is 1. The first-order valence-electron chi connectivity index (χ1n) is 8.00. The van der Waals surface area contributed by atoms with Crippen LogP contribution in [0.1, 0.15) is 49.7 Å². The average molecular weight is 258 g/mol. The highest BCUT2D eigenvalue weighted by molar-refractivity contribution is 5.54. The van der Waals surface area contributed by atoms with E-state index in [1.54, 1.807) is 0 Å². The van der Waals surface area contributed by atoms with E-state index in [0.717, 1.165) is 13.1 Å². The lowest BCUT2D eigenvalue weighted by Crippen LogP contribution is -2.27. The fraction of sp³-hybridized carbons (Fsp3) is 0.647. The highest BCUT2D eigenvalue weighted by atomic mass is 15.1. The summed E-state index contributed by atoms with van der Waals surface area (Å²) in [6.45, 7) is 4.86. The van der Waals surface area contributed by atoms with E-state index < -0.39 is 0 Å². The van der Waals surface area contributed by atoms with Gasteiger partial charge in [-0.25, -0.2) is 0 Å². The van der Waals surface area contributed by atoms with Crippen molar-refractivity contribution in [1.82, 2.24) is 4.90 Å². The van der Waals surface area contributed by atoms with E-state index in [0.29, 0.717) is 0 Å². The lowest BCUT2D eigenvalue weighted by Gasteiger charge is -2.25. The quantitative estimate of drug-likeness (QED) is 0.867. The summed E-state index contributed by atoms with van der Waals surface area (Å²) >= 11 is 0. The van der Waals surface area contributed by atoms with Crippen molar-refractivity contribution in [3.8, 4) is 0 Å². The smallest absolute Gasteiger partial charge is 0.0372 e. The molecule has 0 saturated carbocycles. The molecule has 0 amide bonds. The van der Waals surface area contributed by atoms with Crippen LogP contribution in [0.25, 0.3) is 0 Å². The van der Waals surface area contributed by atoms with Crippen LogP contribution in [-0.2, 0) is 13.0 Å². The molecule has 2 heteroatoms. The first-order valence-corrected chi connectivity index (χ1v) is 8.00. The molecule has 1 aromatic rings. The van der Waals surface area contributed by atoms with Crippen LogP contribution in [0.15, 0.2) is 18.2 Å². The molecule has 0 atom stereocenters. The minimum Gasteiger partial charge on any atom is -0.385 e. The summed E-state index contributed by atoms with van der Waals surface area (Å²) in [5, 5.41) is 3.50. The molecule has 104 valence electrons. The van der Waals surface area contributed by atoms with Gasteiger partial charge in [0.05, 0.1) is 0 Å². The van der Waals surface area contributed by atoms with Gasteiger partial charge in [-0.15, -0.1) is 0 Å². The molecule has 0 aliphatic carbocycles. The maximum atomic E-state index is 3.50. The van der Waals surface area contributed by atoms with Crippen molar-refractivity contribution in [2.75, 3.05) is 25.0 Å². The average Bonchev–Trinajstić information content (AvgIpc) is 2.41. The van der Waals surface area contributed by atoms with Gasteiger partial charge in [-0.1, -0.05) is 31.4 Å². The molecule has 1 N–H and O–H groups in total. The molecular formula is C17H26N2. The van der Waals surface area contributed by atoms with E-state index in [1.165, 1.54) is 74.8 Å². The summed E-state index contributed by atoms with van der Waals surface area (Å²) in [5.74, 6) is 0. The number of aryl methyl sites for hydroxylation is 1. The molecule has 2 aliphatic heterocycles. The molecule has 0 spiro atoms. The Balaban J connectivity index is 1.64. The van der Waals surface area contributed by atoms with Crippen molar-refractivity contribution in [3.63, 3.8) is 0 Å². The van der Waals surface area contributed by atoms with Crippen LogP contribution < -0.4 is 5.32 Å². The third-order valence-corrected chi connectivity index (χ3v) is 4.46. The summed E-state index contributed by atoms with van der Waals surface area (Å²) in [7, 11) is 0. The van der Waals surface area contributed by atoms with Gasteiger partial charge < -0.3 is 5.32 Å². The number of anilines is 1. The van der Waals surface area contributed by atoms with Crippen LogP contribution in [-0.4, -0.2) is 24.5 Å². The Hall–Kier alpha value is -1.02. The van der Waals surface area contributed by atoms with Crippen LogP contribution in [0.2, 0.25) is 0 Å². The van der Waals surface area contributed by atoms with Crippen molar-refractivity contribution < 1.29 is 0 Å². The zero-order chi connectivity index (χ0) is 12.9. The minimum absolute atomic E-state index is 1.14. The fourth-order valence-electron chi connectivity index (χ4n) is 3.36. The van der Waals surface area contributed by atoms with E-state index in [4.69, 9.17) is 0 Å². The lowest BCUT2D eigenvalue weighted by molar-refractivity contribution is 0.240. The molecule has 2 nitrogen and oxygen atoms in total. The standard InChI is InChI=1S/C17H26N2/c1-2-4-11-19(12-5-3-1)14-15-8-9-17-16(13-15)7-6-10-18-17/h8-9,13,18H,1-7,10-12,14H2. The molecule has 0 unspecified atom stereocenters. The molecule has 1 fully saturated rings. The monoisotopic (exact) mass is 258 g/mol.